The molecule has 0 spiro atoms. The standard InChI is InChI=1S/C25H22N2O3S/c28-25(19-8-2-1-3-9-19)26-14-16-27(17-15-26)31(29,30)24-22-12-6-4-10-20(22)18-21-11-5-7-13-23(21)24/h1-13,18H,14-17H2. The van der Waals surface area contributed by atoms with Crippen molar-refractivity contribution in [2.24, 2.45) is 0 Å². The van der Waals surface area contributed by atoms with E-state index in [1.165, 1.54) is 4.31 Å². The second-order valence-electron chi connectivity index (χ2n) is 7.71. The lowest BCUT2D eigenvalue weighted by Gasteiger charge is -2.34. The predicted molar refractivity (Wildman–Crippen MR) is 123 cm³/mol. The summed E-state index contributed by atoms with van der Waals surface area (Å²) < 4.78 is 29.1. The Kier molecular flexibility index (Phi) is 4.96. The maximum absolute atomic E-state index is 13.8. The van der Waals surface area contributed by atoms with E-state index in [-0.39, 0.29) is 19.0 Å². The Hall–Kier alpha value is -3.22. The molecule has 156 valence electrons. The minimum absolute atomic E-state index is 0.0618. The number of hydrogen-bond acceptors (Lipinski definition) is 3. The van der Waals surface area contributed by atoms with E-state index in [4.69, 9.17) is 0 Å². The molecule has 4 aromatic rings. The van der Waals surface area contributed by atoms with E-state index in [9.17, 15) is 13.2 Å². The molecule has 1 fully saturated rings. The summed E-state index contributed by atoms with van der Waals surface area (Å²) in [4.78, 5) is 14.8. The molecule has 0 bridgehead atoms. The number of carbonyl (C=O) groups is 1. The Morgan fingerprint density at radius 3 is 1.77 bits per heavy atom. The SMILES string of the molecule is O=C(c1ccccc1)N1CCN(S(=O)(=O)c2c3ccccc3cc3ccccc23)CC1. The summed E-state index contributed by atoms with van der Waals surface area (Å²) in [6.07, 6.45) is 0. The van der Waals surface area contributed by atoms with Gasteiger partial charge in [0.25, 0.3) is 5.91 Å². The Morgan fingerprint density at radius 1 is 0.677 bits per heavy atom. The van der Waals surface area contributed by atoms with Crippen molar-refractivity contribution in [3.05, 3.63) is 90.5 Å². The summed E-state index contributed by atoms with van der Waals surface area (Å²) in [5.41, 5.74) is 0.624. The van der Waals surface area contributed by atoms with Crippen molar-refractivity contribution in [2.45, 2.75) is 4.90 Å². The zero-order valence-corrected chi connectivity index (χ0v) is 17.8. The van der Waals surface area contributed by atoms with Crippen LogP contribution >= 0.6 is 0 Å². The van der Waals surface area contributed by atoms with Crippen molar-refractivity contribution < 1.29 is 13.2 Å². The Labute approximate surface area is 181 Å². The lowest BCUT2D eigenvalue weighted by atomic mass is 10.0. The van der Waals surface area contributed by atoms with Gasteiger partial charge in [0.1, 0.15) is 0 Å². The molecule has 1 saturated heterocycles. The van der Waals surface area contributed by atoms with E-state index in [1.54, 1.807) is 17.0 Å². The second-order valence-corrected chi connectivity index (χ2v) is 9.59. The van der Waals surface area contributed by atoms with E-state index >= 15 is 0 Å². The molecule has 31 heavy (non-hydrogen) atoms. The molecule has 0 unspecified atom stereocenters. The van der Waals surface area contributed by atoms with E-state index in [2.05, 4.69) is 0 Å². The van der Waals surface area contributed by atoms with Crippen LogP contribution < -0.4 is 0 Å². The summed E-state index contributed by atoms with van der Waals surface area (Å²) in [6.45, 7) is 1.29. The molecule has 0 aromatic heterocycles. The van der Waals surface area contributed by atoms with Crippen LogP contribution in [0.1, 0.15) is 10.4 Å². The van der Waals surface area contributed by atoms with E-state index < -0.39 is 10.0 Å². The van der Waals surface area contributed by atoms with Crippen LogP contribution in [0.3, 0.4) is 0 Å². The number of amides is 1. The molecule has 0 N–H and O–H groups in total. The lowest BCUT2D eigenvalue weighted by Crippen LogP contribution is -2.50. The zero-order valence-electron chi connectivity index (χ0n) is 16.9. The van der Waals surface area contributed by atoms with Crippen LogP contribution in [-0.4, -0.2) is 49.7 Å². The molecular formula is C25H22N2O3S. The Bertz CT molecular complexity index is 1320. The fourth-order valence-electron chi connectivity index (χ4n) is 4.27. The first-order chi connectivity index (χ1) is 15.1. The highest BCUT2D eigenvalue weighted by atomic mass is 32.2. The third-order valence-corrected chi connectivity index (χ3v) is 7.87. The maximum atomic E-state index is 13.8. The highest BCUT2D eigenvalue weighted by molar-refractivity contribution is 7.89. The van der Waals surface area contributed by atoms with Crippen LogP contribution in [0.5, 0.6) is 0 Å². The van der Waals surface area contributed by atoms with Crippen molar-refractivity contribution in [2.75, 3.05) is 26.2 Å². The average Bonchev–Trinajstić information content (AvgIpc) is 2.82. The highest BCUT2D eigenvalue weighted by Gasteiger charge is 2.32. The number of nitrogens with zero attached hydrogens (tertiary/aromatic N) is 2. The molecule has 5 rings (SSSR count). The molecule has 1 aliphatic heterocycles. The van der Waals surface area contributed by atoms with E-state index in [0.29, 0.717) is 23.5 Å². The van der Waals surface area contributed by atoms with Crippen LogP contribution in [-0.2, 0) is 10.0 Å². The summed E-state index contributed by atoms with van der Waals surface area (Å²) in [7, 11) is -3.73. The second kappa shape index (κ2) is 7.80. The van der Waals surface area contributed by atoms with Crippen molar-refractivity contribution in [1.29, 1.82) is 0 Å². The van der Waals surface area contributed by atoms with Gasteiger partial charge in [-0.2, -0.15) is 4.31 Å². The number of hydrogen-bond donors (Lipinski definition) is 0. The molecule has 0 saturated carbocycles. The molecule has 0 atom stereocenters. The molecule has 1 heterocycles. The summed E-state index contributed by atoms with van der Waals surface area (Å²) >= 11 is 0. The normalized spacial score (nSPS) is 15.4. The largest absolute Gasteiger partial charge is 0.336 e. The molecule has 0 aliphatic carbocycles. The number of piperazine rings is 1. The highest BCUT2D eigenvalue weighted by Crippen LogP contribution is 2.34. The number of fused-ring (bicyclic) bond motifs is 2. The predicted octanol–water partition coefficient (Wildman–Crippen LogP) is 4.14. The van der Waals surface area contributed by atoms with Gasteiger partial charge in [0.05, 0.1) is 4.90 Å². The van der Waals surface area contributed by atoms with Crippen LogP contribution in [0, 0.1) is 0 Å². The van der Waals surface area contributed by atoms with Crippen molar-refractivity contribution >= 4 is 37.5 Å². The number of sulfonamides is 1. The fourth-order valence-corrected chi connectivity index (χ4v) is 6.10. The Balaban J connectivity index is 1.49. The van der Waals surface area contributed by atoms with Gasteiger partial charge >= 0.3 is 0 Å². The first-order valence-corrected chi connectivity index (χ1v) is 11.7. The van der Waals surface area contributed by atoms with E-state index in [1.807, 2.05) is 72.8 Å². The quantitative estimate of drug-likeness (QED) is 0.459. The third kappa shape index (κ3) is 3.48. The van der Waals surface area contributed by atoms with Crippen molar-refractivity contribution in [1.82, 2.24) is 9.21 Å². The number of rotatable bonds is 3. The monoisotopic (exact) mass is 430 g/mol. The van der Waals surface area contributed by atoms with Crippen LogP contribution in [0.15, 0.2) is 89.8 Å². The van der Waals surface area contributed by atoms with Gasteiger partial charge in [0.15, 0.2) is 0 Å². The van der Waals surface area contributed by atoms with Gasteiger partial charge in [0, 0.05) is 42.5 Å². The first-order valence-electron chi connectivity index (χ1n) is 10.3. The number of carbonyl (C=O) groups excluding carboxylic acids is 1. The van der Waals surface area contributed by atoms with Crippen LogP contribution in [0.4, 0.5) is 0 Å². The van der Waals surface area contributed by atoms with Gasteiger partial charge in [-0.05, 0) is 29.0 Å². The van der Waals surface area contributed by atoms with Gasteiger partial charge in [-0.3, -0.25) is 4.79 Å². The first kappa shape index (κ1) is 19.7. The average molecular weight is 431 g/mol. The topological polar surface area (TPSA) is 57.7 Å². The van der Waals surface area contributed by atoms with Gasteiger partial charge in [-0.1, -0.05) is 66.7 Å². The van der Waals surface area contributed by atoms with Gasteiger partial charge in [-0.25, -0.2) is 8.42 Å². The molecule has 1 amide bonds. The van der Waals surface area contributed by atoms with Crippen molar-refractivity contribution in [3.8, 4) is 0 Å². The van der Waals surface area contributed by atoms with Gasteiger partial charge in [-0.15, -0.1) is 0 Å². The molecule has 6 heteroatoms. The molecular weight excluding hydrogens is 408 g/mol. The molecule has 5 nitrogen and oxygen atoms in total. The van der Waals surface area contributed by atoms with E-state index in [0.717, 1.165) is 21.5 Å². The minimum Gasteiger partial charge on any atom is -0.336 e. The molecule has 0 radical (unpaired) electrons. The summed E-state index contributed by atoms with van der Waals surface area (Å²) in [5, 5.41) is 3.25. The molecule has 1 aliphatic rings. The van der Waals surface area contributed by atoms with Gasteiger partial charge in [0.2, 0.25) is 10.0 Å². The van der Waals surface area contributed by atoms with Crippen molar-refractivity contribution in [3.63, 3.8) is 0 Å². The summed E-state index contributed by atoms with van der Waals surface area (Å²) in [6, 6.07) is 26.3. The number of benzene rings is 4. The smallest absolute Gasteiger partial charge is 0.253 e. The van der Waals surface area contributed by atoms with Crippen LogP contribution in [0.2, 0.25) is 0 Å². The molecule has 4 aromatic carbocycles. The fraction of sp³-hybridized carbons (Fsp3) is 0.160. The Morgan fingerprint density at radius 2 is 1.19 bits per heavy atom. The van der Waals surface area contributed by atoms with Crippen LogP contribution in [0.25, 0.3) is 21.5 Å². The minimum atomic E-state index is -3.73. The van der Waals surface area contributed by atoms with Gasteiger partial charge < -0.3 is 4.90 Å². The lowest BCUT2D eigenvalue weighted by molar-refractivity contribution is 0.0698. The zero-order chi connectivity index (χ0) is 21.4. The summed E-state index contributed by atoms with van der Waals surface area (Å²) in [5.74, 6) is -0.0618. The maximum Gasteiger partial charge on any atom is 0.253 e. The third-order valence-electron chi connectivity index (χ3n) is 5.87.